The first kappa shape index (κ1) is 14.4. The average molecular weight is 279 g/mol. The Bertz CT molecular complexity index is 512. The topological polar surface area (TPSA) is 93.5 Å². The molecule has 0 spiro atoms. The molecule has 1 aliphatic rings. The number of hydrogen-bond acceptors (Lipinski definition) is 5. The molecule has 1 heterocycles. The fourth-order valence-electron chi connectivity index (χ4n) is 2.14. The van der Waals surface area contributed by atoms with Crippen LogP contribution in [-0.2, 0) is 4.74 Å². The van der Waals surface area contributed by atoms with Crippen molar-refractivity contribution in [3.63, 3.8) is 0 Å². The second-order valence-corrected chi connectivity index (χ2v) is 4.64. The molecule has 1 aromatic rings. The third-order valence-corrected chi connectivity index (χ3v) is 3.16. The van der Waals surface area contributed by atoms with Gasteiger partial charge in [0.05, 0.1) is 17.6 Å². The van der Waals surface area contributed by atoms with Gasteiger partial charge in [0.1, 0.15) is 5.56 Å². The molecular weight excluding hydrogens is 262 g/mol. The lowest BCUT2D eigenvalue weighted by atomic mass is 10.1. The number of para-hydroxylation sites is 1. The van der Waals surface area contributed by atoms with Crippen molar-refractivity contribution >= 4 is 11.6 Å². The van der Waals surface area contributed by atoms with Crippen molar-refractivity contribution in [1.29, 1.82) is 0 Å². The monoisotopic (exact) mass is 279 g/mol. The number of nitrogens with zero attached hydrogens (tertiary/aromatic N) is 1. The smallest absolute Gasteiger partial charge is 0.285 e. The summed E-state index contributed by atoms with van der Waals surface area (Å²) in [6.45, 7) is 4.01. The fourth-order valence-corrected chi connectivity index (χ4v) is 2.14. The van der Waals surface area contributed by atoms with Crippen molar-refractivity contribution < 1.29 is 14.5 Å². The third kappa shape index (κ3) is 3.31. The number of hydrogen-bond donors (Lipinski definition) is 2. The summed E-state index contributed by atoms with van der Waals surface area (Å²) >= 11 is 0. The molecule has 2 N–H and O–H groups in total. The zero-order valence-electron chi connectivity index (χ0n) is 11.2. The van der Waals surface area contributed by atoms with Crippen molar-refractivity contribution in [1.82, 2.24) is 10.6 Å². The zero-order valence-corrected chi connectivity index (χ0v) is 11.2. The van der Waals surface area contributed by atoms with Gasteiger partial charge in [-0.05, 0) is 13.0 Å². The Morgan fingerprint density at radius 1 is 1.60 bits per heavy atom. The molecule has 7 heteroatoms. The number of rotatable bonds is 4. The highest BCUT2D eigenvalue weighted by Crippen LogP contribution is 2.22. The Balaban J connectivity index is 2.05. The molecule has 0 saturated carbocycles. The predicted molar refractivity (Wildman–Crippen MR) is 72.8 cm³/mol. The second-order valence-electron chi connectivity index (χ2n) is 4.64. The lowest BCUT2D eigenvalue weighted by Crippen LogP contribution is -2.45. The Kier molecular flexibility index (Phi) is 4.65. The first-order chi connectivity index (χ1) is 9.59. The molecule has 7 nitrogen and oxygen atoms in total. The maximum atomic E-state index is 12.1. The van der Waals surface area contributed by atoms with Crippen molar-refractivity contribution in [2.24, 2.45) is 0 Å². The molecule has 1 aliphatic heterocycles. The van der Waals surface area contributed by atoms with E-state index in [1.807, 2.05) is 0 Å². The molecule has 1 fully saturated rings. The van der Waals surface area contributed by atoms with Crippen LogP contribution in [0, 0.1) is 17.0 Å². The summed E-state index contributed by atoms with van der Waals surface area (Å²) in [6.07, 6.45) is -0.100. The van der Waals surface area contributed by atoms with Crippen LogP contribution in [0.2, 0.25) is 0 Å². The number of ether oxygens (including phenoxy) is 1. The van der Waals surface area contributed by atoms with Crippen LogP contribution in [0.25, 0.3) is 0 Å². The number of benzene rings is 1. The van der Waals surface area contributed by atoms with Crippen LogP contribution >= 0.6 is 0 Å². The van der Waals surface area contributed by atoms with Crippen LogP contribution in [0.15, 0.2) is 18.2 Å². The summed E-state index contributed by atoms with van der Waals surface area (Å²) in [4.78, 5) is 22.6. The summed E-state index contributed by atoms with van der Waals surface area (Å²) in [5, 5.41) is 16.9. The molecule has 1 amide bonds. The molecule has 1 atom stereocenters. The molecular formula is C13H17N3O4. The molecule has 1 saturated heterocycles. The van der Waals surface area contributed by atoms with E-state index in [2.05, 4.69) is 10.6 Å². The molecule has 0 radical (unpaired) electrons. The standard InChI is InChI=1S/C13H17N3O4/c1-9-3-2-4-11(12(9)16(18)19)13(17)15-8-10-7-14-5-6-20-10/h2-4,10,14H,5-8H2,1H3,(H,15,17). The Morgan fingerprint density at radius 2 is 2.40 bits per heavy atom. The van der Waals surface area contributed by atoms with Crippen LogP contribution in [0.4, 0.5) is 5.69 Å². The number of aryl methyl sites for hydroxylation is 1. The van der Waals surface area contributed by atoms with Crippen LogP contribution in [0.1, 0.15) is 15.9 Å². The van der Waals surface area contributed by atoms with Gasteiger partial charge in [0.15, 0.2) is 0 Å². The normalized spacial score (nSPS) is 18.6. The van der Waals surface area contributed by atoms with E-state index in [0.29, 0.717) is 25.3 Å². The van der Waals surface area contributed by atoms with E-state index in [4.69, 9.17) is 4.74 Å². The number of carbonyl (C=O) groups is 1. The van der Waals surface area contributed by atoms with Gasteiger partial charge >= 0.3 is 0 Å². The first-order valence-electron chi connectivity index (χ1n) is 6.44. The van der Waals surface area contributed by atoms with Gasteiger partial charge < -0.3 is 15.4 Å². The lowest BCUT2D eigenvalue weighted by Gasteiger charge is -2.23. The second kappa shape index (κ2) is 6.44. The summed E-state index contributed by atoms with van der Waals surface area (Å²) < 4.78 is 5.45. The van der Waals surface area contributed by atoms with Crippen molar-refractivity contribution in [2.45, 2.75) is 13.0 Å². The van der Waals surface area contributed by atoms with Crippen LogP contribution in [-0.4, -0.2) is 43.2 Å². The summed E-state index contributed by atoms with van der Waals surface area (Å²) in [5.74, 6) is -0.449. The SMILES string of the molecule is Cc1cccc(C(=O)NCC2CNCCO2)c1[N+](=O)[O-]. The highest BCUT2D eigenvalue weighted by atomic mass is 16.6. The molecule has 1 unspecified atom stereocenters. The number of amides is 1. The van der Waals surface area contributed by atoms with E-state index in [0.717, 1.165) is 6.54 Å². The summed E-state index contributed by atoms with van der Waals surface area (Å²) in [5.41, 5.74) is 0.407. The van der Waals surface area contributed by atoms with Gasteiger partial charge in [0.2, 0.25) is 0 Å². The number of nitro benzene ring substituents is 1. The first-order valence-corrected chi connectivity index (χ1v) is 6.44. The average Bonchev–Trinajstić information content (AvgIpc) is 2.45. The molecule has 20 heavy (non-hydrogen) atoms. The predicted octanol–water partition coefficient (Wildman–Crippen LogP) is 0.621. The number of nitrogens with one attached hydrogen (secondary N) is 2. The van der Waals surface area contributed by atoms with Crippen LogP contribution in [0.3, 0.4) is 0 Å². The summed E-state index contributed by atoms with van der Waals surface area (Å²) in [7, 11) is 0. The van der Waals surface area contributed by atoms with Crippen molar-refractivity contribution in [2.75, 3.05) is 26.2 Å². The van der Waals surface area contributed by atoms with E-state index in [9.17, 15) is 14.9 Å². The van der Waals surface area contributed by atoms with Crippen molar-refractivity contribution in [3.05, 3.63) is 39.4 Å². The molecule has 108 valence electrons. The van der Waals surface area contributed by atoms with Crippen LogP contribution < -0.4 is 10.6 Å². The van der Waals surface area contributed by atoms with E-state index in [1.54, 1.807) is 19.1 Å². The molecule has 1 aromatic carbocycles. The molecule has 0 aliphatic carbocycles. The zero-order chi connectivity index (χ0) is 14.5. The molecule has 0 aromatic heterocycles. The van der Waals surface area contributed by atoms with E-state index in [-0.39, 0.29) is 17.4 Å². The fraction of sp³-hybridized carbons (Fsp3) is 0.462. The number of nitro groups is 1. The quantitative estimate of drug-likeness (QED) is 0.622. The maximum absolute atomic E-state index is 12.1. The van der Waals surface area contributed by atoms with Crippen LogP contribution in [0.5, 0.6) is 0 Å². The van der Waals surface area contributed by atoms with Crippen molar-refractivity contribution in [3.8, 4) is 0 Å². The van der Waals surface area contributed by atoms with Gasteiger partial charge in [-0.1, -0.05) is 12.1 Å². The van der Waals surface area contributed by atoms with E-state index in [1.165, 1.54) is 6.07 Å². The highest BCUT2D eigenvalue weighted by molar-refractivity contribution is 5.98. The minimum absolute atomic E-state index is 0.0822. The van der Waals surface area contributed by atoms with E-state index < -0.39 is 10.8 Å². The van der Waals surface area contributed by atoms with Gasteiger partial charge in [-0.15, -0.1) is 0 Å². The number of morpholine rings is 1. The minimum atomic E-state index is -0.525. The van der Waals surface area contributed by atoms with Gasteiger partial charge in [0.25, 0.3) is 11.6 Å². The highest BCUT2D eigenvalue weighted by Gasteiger charge is 2.23. The van der Waals surface area contributed by atoms with Gasteiger partial charge in [0, 0.05) is 25.2 Å². The Morgan fingerprint density at radius 3 is 3.05 bits per heavy atom. The molecule has 2 rings (SSSR count). The lowest BCUT2D eigenvalue weighted by molar-refractivity contribution is -0.385. The maximum Gasteiger partial charge on any atom is 0.285 e. The third-order valence-electron chi connectivity index (χ3n) is 3.16. The van der Waals surface area contributed by atoms with Gasteiger partial charge in [-0.2, -0.15) is 0 Å². The van der Waals surface area contributed by atoms with E-state index >= 15 is 0 Å². The van der Waals surface area contributed by atoms with Gasteiger partial charge in [-0.25, -0.2) is 0 Å². The van der Waals surface area contributed by atoms with Gasteiger partial charge in [-0.3, -0.25) is 14.9 Å². The Hall–Kier alpha value is -1.99. The largest absolute Gasteiger partial charge is 0.374 e. The molecule has 0 bridgehead atoms. The summed E-state index contributed by atoms with van der Waals surface area (Å²) in [6, 6.07) is 4.71. The minimum Gasteiger partial charge on any atom is -0.374 e. The number of carbonyl (C=O) groups excluding carboxylic acids is 1. The Labute approximate surface area is 116 Å².